The first-order valence-corrected chi connectivity index (χ1v) is 9.72. The maximum atomic E-state index is 10.4. The van der Waals surface area contributed by atoms with Gasteiger partial charge < -0.3 is 15.2 Å². The van der Waals surface area contributed by atoms with Gasteiger partial charge in [-0.15, -0.1) is 0 Å². The first-order chi connectivity index (χ1) is 13.5. The van der Waals surface area contributed by atoms with E-state index in [-0.39, 0.29) is 12.1 Å². The standard InChI is InChI=1S/C25H29NO2/c1-17-10-12-24(27)21(14-17)19(3)26-23(16-20-8-6-5-7-9-20)22-15-18(2)11-13-25(22)28-4/h5-15,19,23,26-27H,16H2,1-4H3/t19-,23-/m1/s1. The van der Waals surface area contributed by atoms with Crippen LogP contribution >= 0.6 is 0 Å². The van der Waals surface area contributed by atoms with E-state index in [4.69, 9.17) is 4.74 Å². The van der Waals surface area contributed by atoms with Gasteiger partial charge in [-0.3, -0.25) is 0 Å². The van der Waals surface area contributed by atoms with Crippen molar-refractivity contribution in [1.82, 2.24) is 5.32 Å². The van der Waals surface area contributed by atoms with Crippen LogP contribution < -0.4 is 10.1 Å². The van der Waals surface area contributed by atoms with Crippen molar-refractivity contribution in [3.05, 3.63) is 94.5 Å². The van der Waals surface area contributed by atoms with E-state index in [1.54, 1.807) is 13.2 Å². The Labute approximate surface area is 168 Å². The minimum Gasteiger partial charge on any atom is -0.508 e. The second-order valence-electron chi connectivity index (χ2n) is 7.44. The molecule has 0 fully saturated rings. The van der Waals surface area contributed by atoms with Crippen molar-refractivity contribution in [1.29, 1.82) is 0 Å². The summed E-state index contributed by atoms with van der Waals surface area (Å²) in [5.74, 6) is 1.19. The van der Waals surface area contributed by atoms with Crippen LogP contribution in [0.1, 0.15) is 46.8 Å². The summed E-state index contributed by atoms with van der Waals surface area (Å²) in [6.07, 6.45) is 0.831. The van der Waals surface area contributed by atoms with Crippen molar-refractivity contribution in [2.75, 3.05) is 7.11 Å². The summed E-state index contributed by atoms with van der Waals surface area (Å²) in [6.45, 7) is 6.23. The molecular formula is C25H29NO2. The Bertz CT molecular complexity index is 921. The highest BCUT2D eigenvalue weighted by Gasteiger charge is 2.21. The number of aromatic hydroxyl groups is 1. The Balaban J connectivity index is 1.96. The number of hydrogen-bond donors (Lipinski definition) is 2. The molecule has 3 aromatic rings. The van der Waals surface area contributed by atoms with Crippen LogP contribution in [0.3, 0.4) is 0 Å². The Kier molecular flexibility index (Phi) is 6.37. The number of phenols is 1. The zero-order valence-corrected chi connectivity index (χ0v) is 17.1. The predicted molar refractivity (Wildman–Crippen MR) is 115 cm³/mol. The fourth-order valence-electron chi connectivity index (χ4n) is 3.65. The maximum Gasteiger partial charge on any atom is 0.123 e. The molecule has 0 saturated carbocycles. The van der Waals surface area contributed by atoms with E-state index in [1.807, 2.05) is 31.2 Å². The third kappa shape index (κ3) is 4.73. The van der Waals surface area contributed by atoms with Gasteiger partial charge in [0, 0.05) is 23.2 Å². The fourth-order valence-corrected chi connectivity index (χ4v) is 3.65. The number of hydrogen-bond acceptors (Lipinski definition) is 3. The van der Waals surface area contributed by atoms with Gasteiger partial charge in [0.2, 0.25) is 0 Å². The lowest BCUT2D eigenvalue weighted by atomic mass is 9.94. The summed E-state index contributed by atoms with van der Waals surface area (Å²) in [4.78, 5) is 0. The van der Waals surface area contributed by atoms with Gasteiger partial charge in [0.15, 0.2) is 0 Å². The van der Waals surface area contributed by atoms with E-state index in [1.165, 1.54) is 11.1 Å². The molecule has 0 amide bonds. The quantitative estimate of drug-likeness (QED) is 0.560. The first-order valence-electron chi connectivity index (χ1n) is 9.72. The number of nitrogens with one attached hydrogen (secondary N) is 1. The number of benzene rings is 3. The summed E-state index contributed by atoms with van der Waals surface area (Å²) in [5.41, 5.74) is 5.62. The molecule has 0 aliphatic heterocycles. The van der Waals surface area contributed by atoms with Crippen LogP contribution in [0.15, 0.2) is 66.7 Å². The van der Waals surface area contributed by atoms with Gasteiger partial charge in [-0.2, -0.15) is 0 Å². The van der Waals surface area contributed by atoms with E-state index in [2.05, 4.69) is 55.6 Å². The highest BCUT2D eigenvalue weighted by molar-refractivity contribution is 5.41. The first kappa shape index (κ1) is 20.0. The molecule has 2 atom stereocenters. The fraction of sp³-hybridized carbons (Fsp3) is 0.280. The van der Waals surface area contributed by atoms with Crippen LogP contribution in [0.4, 0.5) is 0 Å². The van der Waals surface area contributed by atoms with E-state index in [0.717, 1.165) is 28.9 Å². The molecule has 146 valence electrons. The van der Waals surface area contributed by atoms with Crippen molar-refractivity contribution in [2.24, 2.45) is 0 Å². The van der Waals surface area contributed by atoms with E-state index < -0.39 is 0 Å². The molecule has 0 aliphatic rings. The van der Waals surface area contributed by atoms with Crippen molar-refractivity contribution in [3.63, 3.8) is 0 Å². The van der Waals surface area contributed by atoms with E-state index >= 15 is 0 Å². The molecule has 3 nitrogen and oxygen atoms in total. The van der Waals surface area contributed by atoms with Crippen molar-refractivity contribution in [3.8, 4) is 11.5 Å². The molecular weight excluding hydrogens is 346 g/mol. The summed E-state index contributed by atoms with van der Waals surface area (Å²) >= 11 is 0. The highest BCUT2D eigenvalue weighted by Crippen LogP contribution is 2.33. The van der Waals surface area contributed by atoms with Crippen LogP contribution in [-0.2, 0) is 6.42 Å². The monoisotopic (exact) mass is 375 g/mol. The molecule has 0 saturated heterocycles. The summed E-state index contributed by atoms with van der Waals surface area (Å²) < 4.78 is 5.66. The average molecular weight is 376 g/mol. The van der Waals surface area contributed by atoms with Crippen molar-refractivity contribution < 1.29 is 9.84 Å². The number of ether oxygens (including phenoxy) is 1. The molecule has 0 aliphatic carbocycles. The molecule has 0 aromatic heterocycles. The number of methoxy groups -OCH3 is 1. The van der Waals surface area contributed by atoms with Crippen molar-refractivity contribution in [2.45, 2.75) is 39.3 Å². The average Bonchev–Trinajstić information content (AvgIpc) is 2.70. The van der Waals surface area contributed by atoms with Gasteiger partial charge in [0.25, 0.3) is 0 Å². The molecule has 2 N–H and O–H groups in total. The third-order valence-electron chi connectivity index (χ3n) is 5.14. The highest BCUT2D eigenvalue weighted by atomic mass is 16.5. The van der Waals surface area contributed by atoms with Gasteiger partial charge in [0.05, 0.1) is 7.11 Å². The molecule has 0 heterocycles. The van der Waals surface area contributed by atoms with Gasteiger partial charge in [-0.25, -0.2) is 0 Å². The Morgan fingerprint density at radius 2 is 1.54 bits per heavy atom. The zero-order chi connectivity index (χ0) is 20.1. The Morgan fingerprint density at radius 1 is 0.893 bits per heavy atom. The smallest absolute Gasteiger partial charge is 0.123 e. The van der Waals surface area contributed by atoms with Crippen LogP contribution in [-0.4, -0.2) is 12.2 Å². The van der Waals surface area contributed by atoms with Gasteiger partial charge in [-0.1, -0.05) is 65.7 Å². The van der Waals surface area contributed by atoms with Gasteiger partial charge in [0.1, 0.15) is 11.5 Å². The predicted octanol–water partition coefficient (Wildman–Crippen LogP) is 5.65. The van der Waals surface area contributed by atoms with Crippen molar-refractivity contribution >= 4 is 0 Å². The van der Waals surface area contributed by atoms with Crippen LogP contribution in [0, 0.1) is 13.8 Å². The third-order valence-corrected chi connectivity index (χ3v) is 5.14. The minimum absolute atomic E-state index is 0.0150. The van der Waals surface area contributed by atoms with E-state index in [9.17, 15) is 5.11 Å². The van der Waals surface area contributed by atoms with Gasteiger partial charge >= 0.3 is 0 Å². The Morgan fingerprint density at radius 3 is 2.21 bits per heavy atom. The second-order valence-corrected chi connectivity index (χ2v) is 7.44. The van der Waals surface area contributed by atoms with Gasteiger partial charge in [-0.05, 0) is 44.9 Å². The van der Waals surface area contributed by atoms with E-state index in [0.29, 0.717) is 5.75 Å². The second kappa shape index (κ2) is 8.94. The molecule has 0 radical (unpaired) electrons. The molecule has 3 rings (SSSR count). The lowest BCUT2D eigenvalue weighted by Crippen LogP contribution is -2.27. The molecule has 0 spiro atoms. The SMILES string of the molecule is COc1ccc(C)cc1[C@@H](Cc1ccccc1)N[C@H](C)c1cc(C)ccc1O. The molecule has 3 aromatic carbocycles. The summed E-state index contributed by atoms with van der Waals surface area (Å²) in [5, 5.41) is 14.1. The van der Waals surface area contributed by atoms with Crippen LogP contribution in [0.2, 0.25) is 0 Å². The zero-order valence-electron chi connectivity index (χ0n) is 17.1. The normalized spacial score (nSPS) is 13.1. The summed E-state index contributed by atoms with van der Waals surface area (Å²) in [7, 11) is 1.71. The molecule has 0 unspecified atom stereocenters. The lowest BCUT2D eigenvalue weighted by Gasteiger charge is -2.26. The maximum absolute atomic E-state index is 10.4. The topological polar surface area (TPSA) is 41.5 Å². The number of phenolic OH excluding ortho intramolecular Hbond substituents is 1. The van der Waals surface area contributed by atoms with Crippen LogP contribution in [0.5, 0.6) is 11.5 Å². The Hall–Kier alpha value is -2.78. The van der Waals surface area contributed by atoms with Crippen LogP contribution in [0.25, 0.3) is 0 Å². The number of aryl methyl sites for hydroxylation is 2. The largest absolute Gasteiger partial charge is 0.508 e. The molecule has 3 heteroatoms. The molecule has 28 heavy (non-hydrogen) atoms. The summed E-state index contributed by atoms with van der Waals surface area (Å²) in [6, 6.07) is 22.5. The molecule has 0 bridgehead atoms. The minimum atomic E-state index is -0.0150. The lowest BCUT2D eigenvalue weighted by molar-refractivity contribution is 0.386. The number of rotatable bonds is 7.